The van der Waals surface area contributed by atoms with Gasteiger partial charge in [0.05, 0.1) is 29.9 Å². The van der Waals surface area contributed by atoms with E-state index in [2.05, 4.69) is 0 Å². The number of rotatable bonds is 7. The molecule has 1 aliphatic heterocycles. The van der Waals surface area contributed by atoms with E-state index in [1.807, 2.05) is 0 Å². The summed E-state index contributed by atoms with van der Waals surface area (Å²) in [5.41, 5.74) is -2.40. The molecular weight excluding hydrogens is 466 g/mol. The topological polar surface area (TPSA) is 58.9 Å². The smallest absolute Gasteiger partial charge is 0.396 e. The zero-order chi connectivity index (χ0) is 25.1. The van der Waals surface area contributed by atoms with E-state index in [1.165, 1.54) is 6.92 Å². The van der Waals surface area contributed by atoms with Crippen molar-refractivity contribution in [3.63, 3.8) is 0 Å². The lowest BCUT2D eigenvalue weighted by Crippen LogP contribution is -2.42. The molecule has 0 unspecified atom stereocenters. The van der Waals surface area contributed by atoms with Crippen molar-refractivity contribution >= 4 is 0 Å². The zero-order valence-electron chi connectivity index (χ0n) is 18.3. The van der Waals surface area contributed by atoms with Crippen molar-refractivity contribution in [2.75, 3.05) is 13.2 Å². The summed E-state index contributed by atoms with van der Waals surface area (Å²) in [5, 5.41) is 19.9. The first kappa shape index (κ1) is 26.5. The van der Waals surface area contributed by atoms with Crippen molar-refractivity contribution < 1.29 is 46.0 Å². The largest absolute Gasteiger partial charge is 0.416 e. The monoisotopic (exact) mass is 492 g/mol. The highest BCUT2D eigenvalue weighted by molar-refractivity contribution is 5.34. The highest BCUT2D eigenvalue weighted by Gasteiger charge is 2.41. The highest BCUT2D eigenvalue weighted by atomic mass is 19.4. The molecular formula is C24H26F6O4. The Labute approximate surface area is 193 Å². The van der Waals surface area contributed by atoms with Crippen LogP contribution in [0.2, 0.25) is 0 Å². The van der Waals surface area contributed by atoms with Crippen LogP contribution in [0.4, 0.5) is 26.3 Å². The van der Waals surface area contributed by atoms with E-state index < -0.39 is 53.8 Å². The van der Waals surface area contributed by atoms with Crippen LogP contribution in [0.1, 0.15) is 54.0 Å². The van der Waals surface area contributed by atoms with Gasteiger partial charge in [-0.05, 0) is 55.0 Å². The van der Waals surface area contributed by atoms with Crippen LogP contribution in [-0.4, -0.2) is 35.8 Å². The summed E-state index contributed by atoms with van der Waals surface area (Å²) in [5.74, 6) is -0.945. The van der Waals surface area contributed by atoms with Gasteiger partial charge in [-0.15, -0.1) is 0 Å². The summed E-state index contributed by atoms with van der Waals surface area (Å²) < 4.78 is 91.3. The van der Waals surface area contributed by atoms with Gasteiger partial charge in [-0.1, -0.05) is 30.3 Å². The molecule has 0 bridgehead atoms. The van der Waals surface area contributed by atoms with Gasteiger partial charge in [0.25, 0.3) is 0 Å². The lowest BCUT2D eigenvalue weighted by molar-refractivity contribution is -0.217. The molecule has 34 heavy (non-hydrogen) atoms. The molecule has 2 N–H and O–H groups in total. The fourth-order valence-electron chi connectivity index (χ4n) is 4.28. The fourth-order valence-corrected chi connectivity index (χ4v) is 4.28. The third-order valence-electron chi connectivity index (χ3n) is 6.01. The van der Waals surface area contributed by atoms with Gasteiger partial charge < -0.3 is 19.7 Å². The third-order valence-corrected chi connectivity index (χ3v) is 6.01. The first-order valence-electron chi connectivity index (χ1n) is 10.8. The average Bonchev–Trinajstić information content (AvgIpc) is 2.78. The Morgan fingerprint density at radius 3 is 2.12 bits per heavy atom. The van der Waals surface area contributed by atoms with Crippen LogP contribution in [0.25, 0.3) is 0 Å². The second-order valence-electron chi connectivity index (χ2n) is 8.33. The number of halogens is 6. The van der Waals surface area contributed by atoms with Gasteiger partial charge in [0.2, 0.25) is 0 Å². The molecule has 0 aromatic heterocycles. The molecule has 2 aromatic carbocycles. The maximum absolute atomic E-state index is 13.3. The number of aliphatic hydroxyl groups excluding tert-OH is 2. The van der Waals surface area contributed by atoms with Crippen molar-refractivity contribution in [2.24, 2.45) is 5.92 Å². The summed E-state index contributed by atoms with van der Waals surface area (Å²) in [6.07, 6.45) is -12.5. The van der Waals surface area contributed by atoms with E-state index >= 15 is 0 Å². The van der Waals surface area contributed by atoms with Crippen molar-refractivity contribution in [2.45, 2.75) is 56.5 Å². The number of hydrogen-bond acceptors (Lipinski definition) is 4. The Bertz CT molecular complexity index is 899. The van der Waals surface area contributed by atoms with Gasteiger partial charge in [-0.2, -0.15) is 26.3 Å². The molecule has 0 saturated carbocycles. The Morgan fingerprint density at radius 1 is 1.00 bits per heavy atom. The summed E-state index contributed by atoms with van der Waals surface area (Å²) in [7, 11) is 0. The molecule has 0 amide bonds. The van der Waals surface area contributed by atoms with Gasteiger partial charge in [-0.3, -0.25) is 0 Å². The number of aliphatic hydroxyl groups is 2. The number of hydrogen-bond donors (Lipinski definition) is 2. The standard InChI is InChI=1S/C24H26F6O4/c1-14(16-11-17(23(25,26)27)13-18(12-16)24(28,29)30)34-22-21(15-5-3-2-4-6-15)19(8-10-33-22)20(32)7-9-31/h2-6,11-14,19-22,31-32H,7-10H2,1H3/t14-,19+,20+,21+,22-/m1/s1. The molecule has 1 fully saturated rings. The molecule has 0 radical (unpaired) electrons. The van der Waals surface area contributed by atoms with Crippen LogP contribution in [-0.2, 0) is 21.8 Å². The molecule has 10 heteroatoms. The van der Waals surface area contributed by atoms with E-state index in [1.54, 1.807) is 30.3 Å². The quantitative estimate of drug-likeness (QED) is 0.488. The number of ether oxygens (including phenoxy) is 2. The number of benzene rings is 2. The first-order chi connectivity index (χ1) is 15.9. The maximum atomic E-state index is 13.3. The SMILES string of the molecule is C[C@@H](O[C@H]1OCC[C@@H]([C@@H](O)CCO)[C@@H]1c1ccccc1)c1cc(C(F)(F)F)cc(C(F)(F)F)c1. The van der Waals surface area contributed by atoms with E-state index in [0.29, 0.717) is 18.6 Å². The lowest BCUT2D eigenvalue weighted by atomic mass is 9.77. The predicted octanol–water partition coefficient (Wildman–Crippen LogP) is 5.69. The van der Waals surface area contributed by atoms with Gasteiger partial charge >= 0.3 is 12.4 Å². The second kappa shape index (κ2) is 10.6. The Kier molecular flexibility index (Phi) is 8.28. The first-order valence-corrected chi connectivity index (χ1v) is 10.8. The Hall–Kier alpha value is -2.14. The minimum atomic E-state index is -4.97. The summed E-state index contributed by atoms with van der Waals surface area (Å²) >= 11 is 0. The molecule has 3 rings (SSSR count). The average molecular weight is 492 g/mol. The van der Waals surface area contributed by atoms with Gasteiger partial charge in [0.1, 0.15) is 0 Å². The number of alkyl halides is 6. The van der Waals surface area contributed by atoms with Crippen molar-refractivity contribution in [3.05, 3.63) is 70.8 Å². The van der Waals surface area contributed by atoms with E-state index in [0.717, 1.165) is 5.56 Å². The van der Waals surface area contributed by atoms with Crippen LogP contribution in [0.5, 0.6) is 0 Å². The molecule has 1 aliphatic rings. The van der Waals surface area contributed by atoms with Crippen LogP contribution < -0.4 is 0 Å². The summed E-state index contributed by atoms with van der Waals surface area (Å²) in [4.78, 5) is 0. The summed E-state index contributed by atoms with van der Waals surface area (Å²) in [6.45, 7) is 1.28. The van der Waals surface area contributed by atoms with E-state index in [4.69, 9.17) is 9.47 Å². The molecule has 2 aromatic rings. The minimum absolute atomic E-state index is 0.0708. The summed E-state index contributed by atoms with van der Waals surface area (Å²) in [6, 6.07) is 10.2. The Morgan fingerprint density at radius 2 is 1.59 bits per heavy atom. The minimum Gasteiger partial charge on any atom is -0.396 e. The lowest BCUT2D eigenvalue weighted by Gasteiger charge is -2.41. The molecule has 0 spiro atoms. The van der Waals surface area contributed by atoms with Crippen LogP contribution in [0.15, 0.2) is 48.5 Å². The molecule has 0 aliphatic carbocycles. The van der Waals surface area contributed by atoms with Crippen molar-refractivity contribution in [1.29, 1.82) is 0 Å². The second-order valence-corrected chi connectivity index (χ2v) is 8.33. The van der Waals surface area contributed by atoms with Gasteiger partial charge in [-0.25, -0.2) is 0 Å². The molecule has 1 saturated heterocycles. The molecule has 1 heterocycles. The van der Waals surface area contributed by atoms with Crippen LogP contribution in [0, 0.1) is 5.92 Å². The maximum Gasteiger partial charge on any atom is 0.416 e. The van der Waals surface area contributed by atoms with Gasteiger partial charge in [0.15, 0.2) is 6.29 Å². The van der Waals surface area contributed by atoms with Gasteiger partial charge in [0, 0.05) is 12.5 Å². The van der Waals surface area contributed by atoms with Crippen molar-refractivity contribution in [3.8, 4) is 0 Å². The molecule has 5 atom stereocenters. The third kappa shape index (κ3) is 6.29. The zero-order valence-corrected chi connectivity index (χ0v) is 18.3. The van der Waals surface area contributed by atoms with Crippen LogP contribution >= 0.6 is 0 Å². The Balaban J connectivity index is 1.95. The molecule has 188 valence electrons. The fraction of sp³-hybridized carbons (Fsp3) is 0.500. The predicted molar refractivity (Wildman–Crippen MR) is 111 cm³/mol. The molecule has 4 nitrogen and oxygen atoms in total. The van der Waals surface area contributed by atoms with E-state index in [-0.39, 0.29) is 31.3 Å². The van der Waals surface area contributed by atoms with Crippen LogP contribution in [0.3, 0.4) is 0 Å². The normalized spacial score (nSPS) is 23.5. The highest BCUT2D eigenvalue weighted by Crippen LogP contribution is 2.42. The van der Waals surface area contributed by atoms with Crippen molar-refractivity contribution in [1.82, 2.24) is 0 Å². The van der Waals surface area contributed by atoms with E-state index in [9.17, 15) is 36.6 Å².